The highest BCUT2D eigenvalue weighted by atomic mass is 16.5. The number of aromatic nitrogens is 2. The first-order valence-electron chi connectivity index (χ1n) is 8.87. The quantitative estimate of drug-likeness (QED) is 0.825. The monoisotopic (exact) mass is 333 g/mol. The molecule has 1 atom stereocenters. The largest absolute Gasteiger partial charge is 0.346 e. The average Bonchev–Trinajstić information content (AvgIpc) is 2.97. The van der Waals surface area contributed by atoms with E-state index in [1.807, 2.05) is 4.90 Å². The van der Waals surface area contributed by atoms with Gasteiger partial charge in [-0.1, -0.05) is 5.16 Å². The molecule has 8 heteroatoms. The summed E-state index contributed by atoms with van der Waals surface area (Å²) in [6.45, 7) is 3.38. The molecule has 0 aromatic carbocycles. The van der Waals surface area contributed by atoms with Gasteiger partial charge in [-0.2, -0.15) is 4.98 Å². The van der Waals surface area contributed by atoms with Gasteiger partial charge < -0.3 is 14.7 Å². The Balaban J connectivity index is 1.36. The van der Waals surface area contributed by atoms with Crippen LogP contribution in [0, 0.1) is 0 Å². The number of amides is 2. The molecule has 3 heterocycles. The van der Waals surface area contributed by atoms with Crippen molar-refractivity contribution in [1.29, 1.82) is 0 Å². The summed E-state index contributed by atoms with van der Waals surface area (Å²) in [5.74, 6) is 0.641. The molecule has 1 saturated carbocycles. The fraction of sp³-hybridized carbons (Fsp3) is 0.750. The fourth-order valence-corrected chi connectivity index (χ4v) is 3.50. The van der Waals surface area contributed by atoms with Crippen LogP contribution in [-0.2, 0) is 4.79 Å². The molecule has 24 heavy (non-hydrogen) atoms. The van der Waals surface area contributed by atoms with Crippen LogP contribution in [-0.4, -0.2) is 64.0 Å². The van der Waals surface area contributed by atoms with Crippen molar-refractivity contribution < 1.29 is 14.1 Å². The van der Waals surface area contributed by atoms with Gasteiger partial charge in [0.25, 0.3) is 11.7 Å². The Kier molecular flexibility index (Phi) is 4.22. The van der Waals surface area contributed by atoms with Gasteiger partial charge in [0.05, 0.1) is 6.04 Å². The van der Waals surface area contributed by atoms with Gasteiger partial charge in [0.2, 0.25) is 11.8 Å². The Bertz CT molecular complexity index is 627. The maximum absolute atomic E-state index is 12.0. The molecule has 3 aliphatic rings. The first kappa shape index (κ1) is 15.6. The molecule has 0 spiro atoms. The van der Waals surface area contributed by atoms with E-state index < -0.39 is 0 Å². The van der Waals surface area contributed by atoms with Crippen LogP contribution in [0.3, 0.4) is 0 Å². The summed E-state index contributed by atoms with van der Waals surface area (Å²) in [5, 5.41) is 6.71. The second kappa shape index (κ2) is 6.51. The minimum atomic E-state index is -0.250. The molecule has 1 aliphatic carbocycles. The first-order chi connectivity index (χ1) is 11.7. The molecule has 130 valence electrons. The van der Waals surface area contributed by atoms with Crippen molar-refractivity contribution in [1.82, 2.24) is 25.3 Å². The molecule has 2 amide bonds. The second-order valence-electron chi connectivity index (χ2n) is 6.88. The number of nitrogens with zero attached hydrogens (tertiary/aromatic N) is 4. The number of carbonyl (C=O) groups is 2. The smallest absolute Gasteiger partial charge is 0.292 e. The molecule has 1 aromatic heterocycles. The van der Waals surface area contributed by atoms with Crippen molar-refractivity contribution in [2.24, 2.45) is 0 Å². The van der Waals surface area contributed by atoms with E-state index in [0.717, 1.165) is 58.3 Å². The number of nitrogens with one attached hydrogen (secondary N) is 1. The zero-order valence-electron chi connectivity index (χ0n) is 13.7. The Morgan fingerprint density at radius 2 is 2.08 bits per heavy atom. The first-order valence-corrected chi connectivity index (χ1v) is 8.87. The molecule has 2 aliphatic heterocycles. The van der Waals surface area contributed by atoms with Crippen LogP contribution in [0.15, 0.2) is 4.52 Å². The van der Waals surface area contributed by atoms with Crippen LogP contribution in [0.2, 0.25) is 0 Å². The standard InChI is InChI=1S/C16H23N5O3/c22-13-4-2-8-21(13)10-9-20-7-1-3-12(20)16-18-14(19-24-16)15(23)17-11-5-6-11/h11-12H,1-10H2,(H,17,23)/t12-/m1/s1. The predicted molar refractivity (Wildman–Crippen MR) is 84.1 cm³/mol. The lowest BCUT2D eigenvalue weighted by atomic mass is 10.2. The molecular weight excluding hydrogens is 310 g/mol. The van der Waals surface area contributed by atoms with Crippen LogP contribution in [0.5, 0.6) is 0 Å². The third-order valence-electron chi connectivity index (χ3n) is 5.03. The van der Waals surface area contributed by atoms with Gasteiger partial charge in [0.1, 0.15) is 0 Å². The van der Waals surface area contributed by atoms with Gasteiger partial charge in [0.15, 0.2) is 0 Å². The average molecular weight is 333 g/mol. The van der Waals surface area contributed by atoms with E-state index >= 15 is 0 Å². The van der Waals surface area contributed by atoms with E-state index in [1.54, 1.807) is 0 Å². The van der Waals surface area contributed by atoms with E-state index in [-0.39, 0.29) is 29.7 Å². The Morgan fingerprint density at radius 1 is 1.21 bits per heavy atom. The van der Waals surface area contributed by atoms with Gasteiger partial charge in [0, 0.05) is 32.1 Å². The van der Waals surface area contributed by atoms with Crippen LogP contribution in [0.25, 0.3) is 0 Å². The summed E-state index contributed by atoms with van der Waals surface area (Å²) in [5.41, 5.74) is 0. The summed E-state index contributed by atoms with van der Waals surface area (Å²) < 4.78 is 5.35. The lowest BCUT2D eigenvalue weighted by Crippen LogP contribution is -2.35. The van der Waals surface area contributed by atoms with E-state index in [4.69, 9.17) is 4.52 Å². The Hall–Kier alpha value is -1.96. The van der Waals surface area contributed by atoms with Crippen LogP contribution in [0.4, 0.5) is 0 Å². The molecule has 1 N–H and O–H groups in total. The topological polar surface area (TPSA) is 91.6 Å². The number of hydrogen-bond donors (Lipinski definition) is 1. The van der Waals surface area contributed by atoms with Crippen molar-refractivity contribution in [2.75, 3.05) is 26.2 Å². The fourth-order valence-electron chi connectivity index (χ4n) is 3.50. The number of hydrogen-bond acceptors (Lipinski definition) is 6. The molecule has 4 rings (SSSR count). The normalized spacial score (nSPS) is 24.8. The highest BCUT2D eigenvalue weighted by Gasteiger charge is 2.33. The molecule has 0 radical (unpaired) electrons. The van der Waals surface area contributed by atoms with Crippen LogP contribution < -0.4 is 5.32 Å². The Labute approximate surface area is 140 Å². The summed E-state index contributed by atoms with van der Waals surface area (Å²) in [6, 6.07) is 0.332. The SMILES string of the molecule is O=C(NC1CC1)c1noc([C@H]2CCCN2CCN2CCCC2=O)n1. The summed E-state index contributed by atoms with van der Waals surface area (Å²) >= 11 is 0. The van der Waals surface area contributed by atoms with E-state index in [9.17, 15) is 9.59 Å². The molecular formula is C16H23N5O3. The molecule has 8 nitrogen and oxygen atoms in total. The van der Waals surface area contributed by atoms with Gasteiger partial charge in [-0.15, -0.1) is 0 Å². The van der Waals surface area contributed by atoms with Crippen LogP contribution in [0.1, 0.15) is 61.1 Å². The molecule has 0 unspecified atom stereocenters. The Morgan fingerprint density at radius 3 is 2.83 bits per heavy atom. The third kappa shape index (κ3) is 3.28. The lowest BCUT2D eigenvalue weighted by molar-refractivity contribution is -0.127. The van der Waals surface area contributed by atoms with Crippen molar-refractivity contribution in [2.45, 2.75) is 50.6 Å². The number of likely N-dealkylation sites (tertiary alicyclic amines) is 2. The lowest BCUT2D eigenvalue weighted by Gasteiger charge is -2.24. The van der Waals surface area contributed by atoms with Gasteiger partial charge in [-0.3, -0.25) is 14.5 Å². The molecule has 2 saturated heterocycles. The highest BCUT2D eigenvalue weighted by Crippen LogP contribution is 2.30. The van der Waals surface area contributed by atoms with Crippen molar-refractivity contribution >= 4 is 11.8 Å². The van der Waals surface area contributed by atoms with Gasteiger partial charge >= 0.3 is 0 Å². The third-order valence-corrected chi connectivity index (χ3v) is 5.03. The minimum absolute atomic E-state index is 0.0534. The molecule has 3 fully saturated rings. The molecule has 1 aromatic rings. The van der Waals surface area contributed by atoms with Crippen molar-refractivity contribution in [3.05, 3.63) is 11.7 Å². The summed E-state index contributed by atoms with van der Waals surface area (Å²) in [7, 11) is 0. The van der Waals surface area contributed by atoms with Crippen LogP contribution >= 0.6 is 0 Å². The second-order valence-corrected chi connectivity index (χ2v) is 6.88. The summed E-state index contributed by atoms with van der Waals surface area (Å²) in [6.07, 6.45) is 5.70. The highest BCUT2D eigenvalue weighted by molar-refractivity contribution is 5.90. The van der Waals surface area contributed by atoms with E-state index in [1.165, 1.54) is 0 Å². The number of carbonyl (C=O) groups excluding carboxylic acids is 2. The molecule has 0 bridgehead atoms. The zero-order chi connectivity index (χ0) is 16.5. The van der Waals surface area contributed by atoms with Gasteiger partial charge in [-0.05, 0) is 38.6 Å². The summed E-state index contributed by atoms with van der Waals surface area (Å²) in [4.78, 5) is 32.2. The maximum Gasteiger partial charge on any atom is 0.292 e. The maximum atomic E-state index is 12.0. The van der Waals surface area contributed by atoms with E-state index in [0.29, 0.717) is 12.3 Å². The van der Waals surface area contributed by atoms with Crippen molar-refractivity contribution in [3.63, 3.8) is 0 Å². The predicted octanol–water partition coefficient (Wildman–Crippen LogP) is 0.721. The van der Waals surface area contributed by atoms with E-state index in [2.05, 4.69) is 20.4 Å². The van der Waals surface area contributed by atoms with Gasteiger partial charge in [-0.25, -0.2) is 0 Å². The minimum Gasteiger partial charge on any atom is -0.346 e. The number of rotatable bonds is 6. The zero-order valence-corrected chi connectivity index (χ0v) is 13.7. The van der Waals surface area contributed by atoms with Crippen molar-refractivity contribution in [3.8, 4) is 0 Å².